The Bertz CT molecular complexity index is 1160. The number of esters is 1. The molecule has 0 amide bonds. The molecule has 0 unspecified atom stereocenters. The first-order valence-electron chi connectivity index (χ1n) is 10.5. The second-order valence-corrected chi connectivity index (χ2v) is 8.14. The summed E-state index contributed by atoms with van der Waals surface area (Å²) in [7, 11) is 1.57. The number of fused-ring (bicyclic) bond motifs is 1. The van der Waals surface area contributed by atoms with Crippen molar-refractivity contribution in [3.05, 3.63) is 47.5 Å². The summed E-state index contributed by atoms with van der Waals surface area (Å²) in [5.41, 5.74) is 1.25. The van der Waals surface area contributed by atoms with Gasteiger partial charge in [-0.25, -0.2) is 14.4 Å². The van der Waals surface area contributed by atoms with Crippen LogP contribution in [-0.4, -0.2) is 60.3 Å². The molecule has 174 valence electrons. The number of hydrogen-bond acceptors (Lipinski definition) is 8. The van der Waals surface area contributed by atoms with E-state index in [1.165, 1.54) is 18.5 Å². The normalized spacial score (nSPS) is 16.5. The lowest BCUT2D eigenvalue weighted by Crippen LogP contribution is -2.44. The fraction of sp³-hybridized carbons (Fsp3) is 0.348. The number of halogens is 2. The van der Waals surface area contributed by atoms with E-state index in [2.05, 4.69) is 20.2 Å². The number of cyclic esters (lactones) is 1. The van der Waals surface area contributed by atoms with Crippen LogP contribution < -0.4 is 14.8 Å². The van der Waals surface area contributed by atoms with Gasteiger partial charge in [0.1, 0.15) is 24.1 Å². The van der Waals surface area contributed by atoms with Crippen molar-refractivity contribution in [2.45, 2.75) is 19.4 Å². The number of nitrogens with zero attached hydrogens (tertiary/aromatic N) is 3. The molecule has 0 bridgehead atoms. The van der Waals surface area contributed by atoms with E-state index in [1.807, 2.05) is 13.0 Å². The summed E-state index contributed by atoms with van der Waals surface area (Å²) in [6.45, 7) is 4.05. The van der Waals surface area contributed by atoms with Gasteiger partial charge in [-0.3, -0.25) is 9.69 Å². The van der Waals surface area contributed by atoms with Crippen LogP contribution in [-0.2, 0) is 9.53 Å². The van der Waals surface area contributed by atoms with Crippen LogP contribution in [0.5, 0.6) is 11.5 Å². The van der Waals surface area contributed by atoms with Crippen molar-refractivity contribution in [3.8, 4) is 11.5 Å². The summed E-state index contributed by atoms with van der Waals surface area (Å²) in [4.78, 5) is 22.3. The second kappa shape index (κ2) is 10.2. The Kier molecular flexibility index (Phi) is 7.10. The third kappa shape index (κ3) is 5.61. The minimum absolute atomic E-state index is 0.0143. The Hall–Kier alpha value is -3.17. The number of nitrogens with one attached hydrogen (secondary N) is 1. The molecule has 1 aliphatic rings. The maximum atomic E-state index is 13.5. The molecule has 0 spiro atoms. The molecule has 1 fully saturated rings. The van der Waals surface area contributed by atoms with Crippen molar-refractivity contribution in [1.29, 1.82) is 0 Å². The molecule has 33 heavy (non-hydrogen) atoms. The van der Waals surface area contributed by atoms with Gasteiger partial charge in [-0.2, -0.15) is 0 Å². The average molecular weight is 475 g/mol. The number of morpholine rings is 1. The van der Waals surface area contributed by atoms with E-state index in [1.54, 1.807) is 19.2 Å². The van der Waals surface area contributed by atoms with Crippen molar-refractivity contribution in [2.75, 3.05) is 38.7 Å². The van der Waals surface area contributed by atoms with Gasteiger partial charge in [0.25, 0.3) is 0 Å². The van der Waals surface area contributed by atoms with Crippen LogP contribution in [0.1, 0.15) is 13.3 Å². The van der Waals surface area contributed by atoms with Crippen LogP contribution in [0.25, 0.3) is 10.9 Å². The van der Waals surface area contributed by atoms with Crippen molar-refractivity contribution in [2.24, 2.45) is 0 Å². The van der Waals surface area contributed by atoms with Gasteiger partial charge in [0.15, 0.2) is 11.5 Å². The number of rotatable bonds is 8. The second-order valence-electron chi connectivity index (χ2n) is 7.73. The lowest BCUT2D eigenvalue weighted by Gasteiger charge is -2.30. The third-order valence-corrected chi connectivity index (χ3v) is 5.47. The monoisotopic (exact) mass is 474 g/mol. The first-order valence-corrected chi connectivity index (χ1v) is 10.9. The maximum absolute atomic E-state index is 13.5. The Labute approximate surface area is 195 Å². The molecule has 1 N–H and O–H groups in total. The summed E-state index contributed by atoms with van der Waals surface area (Å²) < 4.78 is 30.1. The standard InChI is InChI=1S/C23H24ClFN4O4/c1-14-11-29(12-22(30)33-14)6-3-7-32-21-9-16-19(10-20(21)31-2)26-13-27-23(16)28-15-4-5-18(25)17(24)8-15/h4-5,8-10,13-14H,3,6-7,11-12H2,1-2H3,(H,26,27,28)/t14-/m0/s1. The van der Waals surface area contributed by atoms with Gasteiger partial charge in [-0.05, 0) is 37.6 Å². The predicted molar refractivity (Wildman–Crippen MR) is 123 cm³/mol. The zero-order chi connectivity index (χ0) is 23.4. The summed E-state index contributed by atoms with van der Waals surface area (Å²) in [6, 6.07) is 7.93. The molecule has 0 saturated carbocycles. The van der Waals surface area contributed by atoms with Crippen molar-refractivity contribution < 1.29 is 23.4 Å². The van der Waals surface area contributed by atoms with E-state index in [0.29, 0.717) is 53.6 Å². The molecule has 1 atom stereocenters. The van der Waals surface area contributed by atoms with Crippen LogP contribution >= 0.6 is 11.6 Å². The van der Waals surface area contributed by atoms with Crippen molar-refractivity contribution in [3.63, 3.8) is 0 Å². The maximum Gasteiger partial charge on any atom is 0.320 e. The number of aromatic nitrogens is 2. The van der Waals surface area contributed by atoms with Crippen LogP contribution in [0, 0.1) is 5.82 Å². The predicted octanol–water partition coefficient (Wildman–Crippen LogP) is 4.19. The van der Waals surface area contributed by atoms with E-state index in [-0.39, 0.29) is 17.1 Å². The van der Waals surface area contributed by atoms with Crippen LogP contribution in [0.2, 0.25) is 5.02 Å². The molecule has 3 aromatic rings. The summed E-state index contributed by atoms with van der Waals surface area (Å²) in [5.74, 6) is 0.925. The number of anilines is 2. The van der Waals surface area contributed by atoms with Gasteiger partial charge in [-0.1, -0.05) is 11.6 Å². The molecule has 10 heteroatoms. The Morgan fingerprint density at radius 3 is 2.88 bits per heavy atom. The van der Waals surface area contributed by atoms with E-state index >= 15 is 0 Å². The zero-order valence-electron chi connectivity index (χ0n) is 18.3. The first-order chi connectivity index (χ1) is 15.9. The average Bonchev–Trinajstić information content (AvgIpc) is 2.78. The minimum Gasteiger partial charge on any atom is -0.493 e. The van der Waals surface area contributed by atoms with Gasteiger partial charge in [-0.15, -0.1) is 0 Å². The molecular weight excluding hydrogens is 451 g/mol. The zero-order valence-corrected chi connectivity index (χ0v) is 19.1. The number of carbonyl (C=O) groups is 1. The van der Waals surface area contributed by atoms with E-state index < -0.39 is 5.82 Å². The van der Waals surface area contributed by atoms with Gasteiger partial charge in [0.05, 0.1) is 30.8 Å². The van der Waals surface area contributed by atoms with E-state index in [9.17, 15) is 9.18 Å². The molecule has 8 nitrogen and oxygen atoms in total. The molecule has 2 heterocycles. The van der Waals surface area contributed by atoms with Gasteiger partial charge >= 0.3 is 5.97 Å². The number of hydrogen-bond donors (Lipinski definition) is 1. The Morgan fingerprint density at radius 2 is 2.12 bits per heavy atom. The van der Waals surface area contributed by atoms with Crippen LogP contribution in [0.15, 0.2) is 36.7 Å². The quantitative estimate of drug-likeness (QED) is 0.384. The first kappa shape index (κ1) is 23.0. The molecule has 1 aliphatic heterocycles. The Balaban J connectivity index is 1.48. The lowest BCUT2D eigenvalue weighted by molar-refractivity contribution is -0.157. The fourth-order valence-electron chi connectivity index (χ4n) is 3.70. The molecule has 1 aromatic heterocycles. The summed E-state index contributed by atoms with van der Waals surface area (Å²) in [6.07, 6.45) is 2.06. The molecule has 4 rings (SSSR count). The topological polar surface area (TPSA) is 85.8 Å². The summed E-state index contributed by atoms with van der Waals surface area (Å²) >= 11 is 5.89. The van der Waals surface area contributed by atoms with Gasteiger partial charge in [0, 0.05) is 30.2 Å². The highest BCUT2D eigenvalue weighted by Crippen LogP contribution is 2.35. The fourth-order valence-corrected chi connectivity index (χ4v) is 3.88. The van der Waals surface area contributed by atoms with Gasteiger partial charge < -0.3 is 19.5 Å². The SMILES string of the molecule is COc1cc2ncnc(Nc3ccc(F)c(Cl)c3)c2cc1OCCCN1CC(=O)O[C@@H](C)C1. The molecular formula is C23H24ClFN4O4. The third-order valence-electron chi connectivity index (χ3n) is 5.18. The number of carbonyl (C=O) groups excluding carboxylic acids is 1. The van der Waals surface area contributed by atoms with Crippen molar-refractivity contribution >= 4 is 40.0 Å². The summed E-state index contributed by atoms with van der Waals surface area (Å²) in [5, 5.41) is 3.87. The highest BCUT2D eigenvalue weighted by Gasteiger charge is 2.23. The number of methoxy groups -OCH3 is 1. The molecule has 2 aromatic carbocycles. The van der Waals surface area contributed by atoms with E-state index in [0.717, 1.165) is 13.0 Å². The smallest absolute Gasteiger partial charge is 0.320 e. The largest absolute Gasteiger partial charge is 0.493 e. The number of benzene rings is 2. The highest BCUT2D eigenvalue weighted by molar-refractivity contribution is 6.31. The molecule has 0 radical (unpaired) electrons. The Morgan fingerprint density at radius 1 is 1.27 bits per heavy atom. The van der Waals surface area contributed by atoms with Crippen molar-refractivity contribution in [1.82, 2.24) is 14.9 Å². The van der Waals surface area contributed by atoms with Crippen LogP contribution in [0.4, 0.5) is 15.9 Å². The lowest BCUT2D eigenvalue weighted by atomic mass is 10.2. The van der Waals surface area contributed by atoms with Crippen LogP contribution in [0.3, 0.4) is 0 Å². The van der Waals surface area contributed by atoms with E-state index in [4.69, 9.17) is 25.8 Å². The van der Waals surface area contributed by atoms with Gasteiger partial charge in [0.2, 0.25) is 0 Å². The minimum atomic E-state index is -0.494. The number of ether oxygens (including phenoxy) is 3. The molecule has 0 aliphatic carbocycles. The molecule has 1 saturated heterocycles. The highest BCUT2D eigenvalue weighted by atomic mass is 35.5.